The van der Waals surface area contributed by atoms with E-state index < -0.39 is 0 Å². The number of thioether (sulfide) groups is 1. The van der Waals surface area contributed by atoms with Gasteiger partial charge in [-0.2, -0.15) is 16.8 Å². The van der Waals surface area contributed by atoms with Crippen LogP contribution < -0.4 is 14.3 Å². The first-order chi connectivity index (χ1) is 13.6. The Morgan fingerprint density at radius 2 is 1.93 bits per heavy atom. The number of rotatable bonds is 8. The topological polar surface area (TPSA) is 52.8 Å². The van der Waals surface area contributed by atoms with Crippen LogP contribution in [0.15, 0.2) is 47.5 Å². The van der Waals surface area contributed by atoms with Gasteiger partial charge >= 0.3 is 0 Å². The highest BCUT2D eigenvalue weighted by Gasteiger charge is 2.10. The van der Waals surface area contributed by atoms with Gasteiger partial charge in [-0.1, -0.05) is 23.5 Å². The lowest BCUT2D eigenvalue weighted by molar-refractivity contribution is -0.117. The maximum absolute atomic E-state index is 12.6. The number of methoxy groups -OCH3 is 1. The lowest BCUT2D eigenvalue weighted by atomic mass is 10.1. The fourth-order valence-electron chi connectivity index (χ4n) is 2.85. The average molecular weight is 417 g/mol. The predicted octanol–water partition coefficient (Wildman–Crippen LogP) is 4.14. The molecule has 0 bridgehead atoms. The van der Waals surface area contributed by atoms with Crippen molar-refractivity contribution in [3.05, 3.63) is 52.8 Å². The molecule has 0 aliphatic heterocycles. The van der Waals surface area contributed by atoms with Gasteiger partial charge in [0.05, 0.1) is 30.4 Å². The first-order valence-electron chi connectivity index (χ1n) is 9.10. The van der Waals surface area contributed by atoms with Gasteiger partial charge in [0.25, 0.3) is 5.91 Å². The molecule has 0 aliphatic rings. The second-order valence-electron chi connectivity index (χ2n) is 6.12. The Morgan fingerprint density at radius 1 is 1.18 bits per heavy atom. The number of hydrogen-bond acceptors (Lipinski definition) is 5. The predicted molar refractivity (Wildman–Crippen MR) is 117 cm³/mol. The Morgan fingerprint density at radius 3 is 2.61 bits per heavy atom. The van der Waals surface area contributed by atoms with Gasteiger partial charge in [0, 0.05) is 18.4 Å². The third-order valence-electron chi connectivity index (χ3n) is 4.22. The van der Waals surface area contributed by atoms with E-state index in [1.807, 2.05) is 49.4 Å². The fraction of sp³-hybridized carbons (Fsp3) is 0.333. The van der Waals surface area contributed by atoms with Gasteiger partial charge in [0.15, 0.2) is 4.80 Å². The summed E-state index contributed by atoms with van der Waals surface area (Å²) in [6.45, 7) is 3.37. The molecule has 7 heteroatoms. The lowest BCUT2D eigenvalue weighted by Gasteiger charge is -2.05. The van der Waals surface area contributed by atoms with Crippen molar-refractivity contribution in [2.75, 3.05) is 25.7 Å². The largest absolute Gasteiger partial charge is 0.497 e. The van der Waals surface area contributed by atoms with Crippen LogP contribution in [-0.4, -0.2) is 36.2 Å². The van der Waals surface area contributed by atoms with Crippen LogP contribution in [0.3, 0.4) is 0 Å². The summed E-state index contributed by atoms with van der Waals surface area (Å²) in [5.41, 5.74) is 1.97. The molecular formula is C21H24N2O3S2. The summed E-state index contributed by atoms with van der Waals surface area (Å²) >= 11 is 3.30. The van der Waals surface area contributed by atoms with E-state index in [0.29, 0.717) is 6.61 Å². The molecule has 0 radical (unpaired) electrons. The molecule has 2 aromatic carbocycles. The van der Waals surface area contributed by atoms with Crippen LogP contribution in [0.4, 0.5) is 0 Å². The van der Waals surface area contributed by atoms with Crippen LogP contribution in [-0.2, 0) is 17.8 Å². The molecule has 0 aliphatic carbocycles. The molecule has 3 rings (SSSR count). The summed E-state index contributed by atoms with van der Waals surface area (Å²) in [6.07, 6.45) is 2.34. The standard InChI is InChI=1S/C21H24N2O3S2/c1-4-26-16-7-5-15(6-8-16)13-20(24)22-21-23(11-12-27-3)18-14-17(25-2)9-10-19(18)28-21/h5-10,14H,4,11-13H2,1-3H3. The van der Waals surface area contributed by atoms with Gasteiger partial charge in [0.2, 0.25) is 0 Å². The normalized spacial score (nSPS) is 11.8. The van der Waals surface area contributed by atoms with Gasteiger partial charge in [-0.3, -0.25) is 4.79 Å². The molecule has 0 saturated carbocycles. The number of amides is 1. The number of ether oxygens (including phenoxy) is 2. The maximum atomic E-state index is 12.6. The van der Waals surface area contributed by atoms with Crippen molar-refractivity contribution in [1.29, 1.82) is 0 Å². The number of thiazole rings is 1. The summed E-state index contributed by atoms with van der Waals surface area (Å²) in [7, 11) is 1.66. The van der Waals surface area contributed by atoms with Gasteiger partial charge in [-0.25, -0.2) is 0 Å². The Kier molecular flexibility index (Phi) is 7.17. The number of fused-ring (bicyclic) bond motifs is 1. The number of nitrogens with zero attached hydrogens (tertiary/aromatic N) is 2. The van der Waals surface area contributed by atoms with Crippen LogP contribution >= 0.6 is 23.1 Å². The molecule has 0 unspecified atom stereocenters. The number of aromatic nitrogens is 1. The van der Waals surface area contributed by atoms with E-state index >= 15 is 0 Å². The summed E-state index contributed by atoms with van der Waals surface area (Å²) in [4.78, 5) is 17.7. The molecule has 28 heavy (non-hydrogen) atoms. The number of carbonyl (C=O) groups excluding carboxylic acids is 1. The quantitative estimate of drug-likeness (QED) is 0.554. The summed E-state index contributed by atoms with van der Waals surface area (Å²) in [5.74, 6) is 2.41. The van der Waals surface area contributed by atoms with Crippen molar-refractivity contribution in [2.45, 2.75) is 19.9 Å². The van der Waals surface area contributed by atoms with Crippen molar-refractivity contribution < 1.29 is 14.3 Å². The number of benzene rings is 2. The van der Waals surface area contributed by atoms with E-state index in [0.717, 1.165) is 44.4 Å². The van der Waals surface area contributed by atoms with Gasteiger partial charge in [-0.15, -0.1) is 0 Å². The Bertz CT molecular complexity index is 1010. The Labute approximate surface area is 173 Å². The van der Waals surface area contributed by atoms with E-state index in [9.17, 15) is 4.79 Å². The van der Waals surface area contributed by atoms with E-state index in [1.54, 1.807) is 18.9 Å². The van der Waals surface area contributed by atoms with E-state index in [-0.39, 0.29) is 12.3 Å². The van der Waals surface area contributed by atoms with Gasteiger partial charge < -0.3 is 14.0 Å². The van der Waals surface area contributed by atoms with Gasteiger partial charge in [-0.05, 0) is 43.0 Å². The molecule has 0 fully saturated rings. The van der Waals surface area contributed by atoms with Gasteiger partial charge in [0.1, 0.15) is 11.5 Å². The van der Waals surface area contributed by atoms with Crippen molar-refractivity contribution in [3.8, 4) is 11.5 Å². The summed E-state index contributed by atoms with van der Waals surface area (Å²) in [6, 6.07) is 13.6. The number of hydrogen-bond donors (Lipinski definition) is 0. The van der Waals surface area contributed by atoms with Crippen LogP contribution in [0.1, 0.15) is 12.5 Å². The molecule has 148 valence electrons. The monoisotopic (exact) mass is 416 g/mol. The second kappa shape index (κ2) is 9.80. The van der Waals surface area contributed by atoms with Crippen LogP contribution in [0.5, 0.6) is 11.5 Å². The lowest BCUT2D eigenvalue weighted by Crippen LogP contribution is -2.18. The molecule has 0 spiro atoms. The molecule has 0 N–H and O–H groups in total. The number of carbonyl (C=O) groups is 1. The summed E-state index contributed by atoms with van der Waals surface area (Å²) in [5, 5.41) is 0. The number of aryl methyl sites for hydroxylation is 1. The van der Waals surface area contributed by atoms with E-state index in [4.69, 9.17) is 9.47 Å². The first kappa shape index (κ1) is 20.5. The minimum absolute atomic E-state index is 0.152. The minimum Gasteiger partial charge on any atom is -0.497 e. The molecule has 1 amide bonds. The zero-order valence-electron chi connectivity index (χ0n) is 16.3. The minimum atomic E-state index is -0.152. The average Bonchev–Trinajstić information content (AvgIpc) is 3.03. The smallest absolute Gasteiger partial charge is 0.252 e. The van der Waals surface area contributed by atoms with Crippen LogP contribution in [0.25, 0.3) is 10.2 Å². The Balaban J connectivity index is 1.89. The summed E-state index contributed by atoms with van der Waals surface area (Å²) < 4.78 is 14.0. The molecule has 0 saturated heterocycles. The van der Waals surface area contributed by atoms with Crippen molar-refractivity contribution in [2.24, 2.45) is 4.99 Å². The highest BCUT2D eigenvalue weighted by Crippen LogP contribution is 2.23. The van der Waals surface area contributed by atoms with Crippen LogP contribution in [0, 0.1) is 0 Å². The Hall–Kier alpha value is -2.25. The maximum Gasteiger partial charge on any atom is 0.252 e. The van der Waals surface area contributed by atoms with E-state index in [2.05, 4.69) is 15.8 Å². The zero-order chi connectivity index (χ0) is 19.9. The van der Waals surface area contributed by atoms with Crippen molar-refractivity contribution in [1.82, 2.24) is 4.57 Å². The highest BCUT2D eigenvalue weighted by atomic mass is 32.2. The second-order valence-corrected chi connectivity index (χ2v) is 8.12. The molecule has 1 heterocycles. The van der Waals surface area contributed by atoms with Crippen LogP contribution in [0.2, 0.25) is 0 Å². The first-order valence-corrected chi connectivity index (χ1v) is 11.3. The SMILES string of the molecule is CCOc1ccc(CC(=O)N=c2sc3ccc(OC)cc3n2CCSC)cc1. The third kappa shape index (κ3) is 4.97. The van der Waals surface area contributed by atoms with Crippen molar-refractivity contribution >= 4 is 39.2 Å². The zero-order valence-corrected chi connectivity index (χ0v) is 17.9. The molecule has 3 aromatic rings. The van der Waals surface area contributed by atoms with Crippen molar-refractivity contribution in [3.63, 3.8) is 0 Å². The van der Waals surface area contributed by atoms with E-state index in [1.165, 1.54) is 11.3 Å². The molecule has 5 nitrogen and oxygen atoms in total. The molecule has 1 aromatic heterocycles. The molecular weight excluding hydrogens is 392 g/mol. The third-order valence-corrected chi connectivity index (χ3v) is 5.87. The fourth-order valence-corrected chi connectivity index (χ4v) is 4.27. The highest BCUT2D eigenvalue weighted by molar-refractivity contribution is 7.98. The molecule has 0 atom stereocenters.